The third-order valence-corrected chi connectivity index (χ3v) is 8.75. The van der Waals surface area contributed by atoms with Crippen molar-refractivity contribution in [3.63, 3.8) is 0 Å². The lowest BCUT2D eigenvalue weighted by molar-refractivity contribution is -0.137. The molecule has 0 bridgehead atoms. The van der Waals surface area contributed by atoms with E-state index in [4.69, 9.17) is 9.47 Å². The minimum absolute atomic E-state index is 0.0417. The fourth-order valence-electron chi connectivity index (χ4n) is 5.68. The van der Waals surface area contributed by atoms with Gasteiger partial charge in [0.15, 0.2) is 0 Å². The first-order valence-electron chi connectivity index (χ1n) is 15.7. The molecule has 3 aliphatic heterocycles. The highest BCUT2D eigenvalue weighted by atomic mass is 19.4. The first-order valence-corrected chi connectivity index (χ1v) is 15.7. The lowest BCUT2D eigenvalue weighted by atomic mass is 9.91. The number of nitrogens with one attached hydrogen (secondary N) is 1. The van der Waals surface area contributed by atoms with Gasteiger partial charge < -0.3 is 19.7 Å². The molecule has 0 aromatic heterocycles. The number of hydrogen-bond acceptors (Lipinski definition) is 6. The normalized spacial score (nSPS) is 19.0. The zero-order valence-corrected chi connectivity index (χ0v) is 27.1. The number of ether oxygens (including phenoxy) is 2. The monoisotopic (exact) mass is 646 g/mol. The summed E-state index contributed by atoms with van der Waals surface area (Å²) in [5, 5.41) is 2.95. The number of nitrogens with zero attached hydrogens (tertiary/aromatic N) is 3. The van der Waals surface area contributed by atoms with E-state index in [1.54, 1.807) is 16.9 Å². The topological polar surface area (TPSA) is 91.4 Å². The Balaban J connectivity index is 0.000000731. The van der Waals surface area contributed by atoms with Gasteiger partial charge in [-0.3, -0.25) is 19.4 Å². The average molecular weight is 647 g/mol. The summed E-state index contributed by atoms with van der Waals surface area (Å²) in [6.07, 6.45) is -1.26. The van der Waals surface area contributed by atoms with Crippen LogP contribution in [0.4, 0.5) is 23.7 Å². The average Bonchev–Trinajstić information content (AvgIpc) is 3.32. The molecule has 1 N–H and O–H groups in total. The van der Waals surface area contributed by atoms with Crippen LogP contribution >= 0.6 is 0 Å². The van der Waals surface area contributed by atoms with Crippen LogP contribution in [0.2, 0.25) is 0 Å². The first-order chi connectivity index (χ1) is 21.7. The summed E-state index contributed by atoms with van der Waals surface area (Å²) >= 11 is 0. The maximum Gasteiger partial charge on any atom is 0.416 e. The van der Waals surface area contributed by atoms with Crippen LogP contribution in [0.25, 0.3) is 0 Å². The van der Waals surface area contributed by atoms with Crippen LogP contribution in [0.1, 0.15) is 63.1 Å². The summed E-state index contributed by atoms with van der Waals surface area (Å²) < 4.78 is 49.2. The van der Waals surface area contributed by atoms with Gasteiger partial charge in [-0.1, -0.05) is 24.3 Å². The van der Waals surface area contributed by atoms with Crippen LogP contribution in [-0.2, 0) is 38.3 Å². The highest BCUT2D eigenvalue weighted by Crippen LogP contribution is 2.35. The second-order valence-electron chi connectivity index (χ2n) is 13.3. The minimum atomic E-state index is -4.34. The number of rotatable bonds is 7. The van der Waals surface area contributed by atoms with Crippen molar-refractivity contribution in [2.45, 2.75) is 76.9 Å². The van der Waals surface area contributed by atoms with Gasteiger partial charge in [0.2, 0.25) is 12.3 Å². The fraction of sp³-hybridized carbons (Fsp3) is 0.559. The molecule has 3 heterocycles. The summed E-state index contributed by atoms with van der Waals surface area (Å²) in [5.74, 6) is -0.166. The molecule has 0 atom stereocenters. The Labute approximate surface area is 269 Å². The Hall–Kier alpha value is -3.64. The van der Waals surface area contributed by atoms with Crippen LogP contribution in [0, 0.1) is 5.92 Å². The van der Waals surface area contributed by atoms with E-state index < -0.39 is 17.3 Å². The Morgan fingerprint density at radius 2 is 1.50 bits per heavy atom. The number of alkyl halides is 3. The molecule has 2 aromatic carbocycles. The van der Waals surface area contributed by atoms with E-state index in [9.17, 15) is 27.6 Å². The van der Waals surface area contributed by atoms with Gasteiger partial charge in [0.25, 0.3) is 0 Å². The van der Waals surface area contributed by atoms with Crippen molar-refractivity contribution >= 4 is 24.1 Å². The fourth-order valence-corrected chi connectivity index (χ4v) is 5.68. The molecule has 9 nitrogen and oxygen atoms in total. The van der Waals surface area contributed by atoms with Gasteiger partial charge in [0.1, 0.15) is 5.60 Å². The van der Waals surface area contributed by atoms with Crippen molar-refractivity contribution in [3.8, 4) is 0 Å². The molecule has 0 unspecified atom stereocenters. The predicted molar refractivity (Wildman–Crippen MR) is 168 cm³/mol. The molecular formula is C34H45F3N4O5. The Bertz CT molecular complexity index is 1310. The second kappa shape index (κ2) is 14.8. The van der Waals surface area contributed by atoms with Crippen LogP contribution in [-0.4, -0.2) is 84.1 Å². The molecule has 0 saturated carbocycles. The number of methoxy groups -OCH3 is 1. The molecule has 3 fully saturated rings. The SMILES string of the molecule is COC(C)(C)C.O=CN1CCC(C(=O)Nc2ccc(CN3CC4(CCN(Cc5ccc(C(F)(F)F)cc5)CC4)OC3=O)cc2)CC1. The summed E-state index contributed by atoms with van der Waals surface area (Å²) in [5.41, 5.74) is 1.26. The highest BCUT2D eigenvalue weighted by Gasteiger charge is 2.46. The lowest BCUT2D eigenvalue weighted by Gasteiger charge is -2.37. The molecule has 3 amide bonds. The van der Waals surface area contributed by atoms with Gasteiger partial charge in [0.05, 0.1) is 17.7 Å². The number of benzene rings is 2. The van der Waals surface area contributed by atoms with Gasteiger partial charge >= 0.3 is 12.3 Å². The number of halogens is 3. The standard InChI is InChI=1S/C29H33F3N4O4.C5H12O/c30-29(31,32)24-5-1-21(2-6-24)17-34-15-11-28(12-16-34)19-36(27(39)40-28)18-22-3-7-25(8-4-22)33-26(38)23-9-13-35(20-37)14-10-23;1-5(2,3)6-4/h1-8,20,23H,9-19H2,(H,33,38);1-4H3. The number of hydrogen-bond donors (Lipinski definition) is 1. The van der Waals surface area contributed by atoms with Crippen molar-refractivity contribution in [2.24, 2.45) is 5.92 Å². The number of anilines is 1. The molecule has 3 saturated heterocycles. The third-order valence-electron chi connectivity index (χ3n) is 8.75. The zero-order chi connectivity index (χ0) is 33.5. The number of likely N-dealkylation sites (tertiary alicyclic amines) is 2. The van der Waals surface area contributed by atoms with Gasteiger partial charge in [-0.05, 0) is 69.0 Å². The minimum Gasteiger partial charge on any atom is -0.441 e. The first kappa shape index (κ1) is 35.2. The van der Waals surface area contributed by atoms with E-state index >= 15 is 0 Å². The number of piperidine rings is 2. The van der Waals surface area contributed by atoms with Crippen molar-refractivity contribution < 1.29 is 37.0 Å². The molecule has 1 spiro atoms. The maximum absolute atomic E-state index is 12.8. The number of carbonyl (C=O) groups is 3. The Morgan fingerprint density at radius 1 is 0.957 bits per heavy atom. The van der Waals surface area contributed by atoms with E-state index in [2.05, 4.69) is 10.2 Å². The zero-order valence-electron chi connectivity index (χ0n) is 27.1. The van der Waals surface area contributed by atoms with Crippen LogP contribution in [0.5, 0.6) is 0 Å². The smallest absolute Gasteiger partial charge is 0.416 e. The van der Waals surface area contributed by atoms with Crippen LogP contribution < -0.4 is 5.32 Å². The van der Waals surface area contributed by atoms with Gasteiger partial charge in [-0.25, -0.2) is 4.79 Å². The van der Waals surface area contributed by atoms with E-state index in [0.29, 0.717) is 77.2 Å². The van der Waals surface area contributed by atoms with Crippen molar-refractivity contribution in [2.75, 3.05) is 45.2 Å². The van der Waals surface area contributed by atoms with Gasteiger partial charge in [0, 0.05) is 70.8 Å². The quantitative estimate of drug-likeness (QED) is 0.375. The van der Waals surface area contributed by atoms with Gasteiger partial charge in [-0.15, -0.1) is 0 Å². The maximum atomic E-state index is 12.8. The van der Waals surface area contributed by atoms with Crippen molar-refractivity contribution in [1.29, 1.82) is 0 Å². The Morgan fingerprint density at radius 3 is 2.02 bits per heavy atom. The van der Waals surface area contributed by atoms with Crippen molar-refractivity contribution in [1.82, 2.24) is 14.7 Å². The number of carbonyl (C=O) groups excluding carboxylic acids is 3. The summed E-state index contributed by atoms with van der Waals surface area (Å²) in [6, 6.07) is 12.7. The van der Waals surface area contributed by atoms with Gasteiger partial charge in [-0.2, -0.15) is 13.2 Å². The molecule has 252 valence electrons. The molecule has 0 aliphatic carbocycles. The molecule has 12 heteroatoms. The molecule has 5 rings (SSSR count). The molecule has 3 aliphatic rings. The Kier molecular flexibility index (Phi) is 11.4. The highest BCUT2D eigenvalue weighted by molar-refractivity contribution is 5.92. The second-order valence-corrected chi connectivity index (χ2v) is 13.3. The lowest BCUT2D eigenvalue weighted by Crippen LogP contribution is -2.46. The molecule has 46 heavy (non-hydrogen) atoms. The van der Waals surface area contributed by atoms with Crippen LogP contribution in [0.3, 0.4) is 0 Å². The molecule has 0 radical (unpaired) electrons. The van der Waals surface area contributed by atoms with Crippen LogP contribution in [0.15, 0.2) is 48.5 Å². The predicted octanol–water partition coefficient (Wildman–Crippen LogP) is 5.93. The molecular weight excluding hydrogens is 601 g/mol. The summed E-state index contributed by atoms with van der Waals surface area (Å²) in [7, 11) is 1.71. The van der Waals surface area contributed by atoms with E-state index in [-0.39, 0.29) is 23.5 Å². The summed E-state index contributed by atoms with van der Waals surface area (Å²) in [4.78, 5) is 41.7. The summed E-state index contributed by atoms with van der Waals surface area (Å²) in [6.45, 7) is 10.0. The number of amides is 3. The third kappa shape index (κ3) is 9.93. The van der Waals surface area contributed by atoms with E-state index in [1.807, 2.05) is 45.0 Å². The molecule has 2 aromatic rings. The largest absolute Gasteiger partial charge is 0.441 e. The van der Waals surface area contributed by atoms with E-state index in [1.165, 1.54) is 12.1 Å². The van der Waals surface area contributed by atoms with Crippen molar-refractivity contribution in [3.05, 3.63) is 65.2 Å². The van der Waals surface area contributed by atoms with E-state index in [0.717, 1.165) is 29.7 Å².